The van der Waals surface area contributed by atoms with E-state index in [9.17, 15) is 14.4 Å². The van der Waals surface area contributed by atoms with E-state index in [0.717, 1.165) is 4.57 Å². The van der Waals surface area contributed by atoms with Crippen molar-refractivity contribution in [3.8, 4) is 0 Å². The van der Waals surface area contributed by atoms with Crippen LogP contribution in [0.25, 0.3) is 0 Å². The first-order valence-electron chi connectivity index (χ1n) is 5.95. The Morgan fingerprint density at radius 2 is 2.10 bits per heavy atom. The molecule has 0 unspecified atom stereocenters. The molecule has 1 aromatic heterocycles. The minimum absolute atomic E-state index is 0.215. The highest BCUT2D eigenvalue weighted by molar-refractivity contribution is 7.80. The van der Waals surface area contributed by atoms with Gasteiger partial charge in [-0.15, -0.1) is 0 Å². The first kappa shape index (κ1) is 14.7. The summed E-state index contributed by atoms with van der Waals surface area (Å²) in [6.07, 6.45) is 1.26. The first-order chi connectivity index (χ1) is 9.95. The summed E-state index contributed by atoms with van der Waals surface area (Å²) in [4.78, 5) is 36.6. The van der Waals surface area contributed by atoms with E-state index >= 15 is 0 Å². The van der Waals surface area contributed by atoms with Crippen LogP contribution >= 0.6 is 12.2 Å². The lowest BCUT2D eigenvalue weighted by Crippen LogP contribution is -2.32. The predicted octanol–water partition coefficient (Wildman–Crippen LogP) is -0.191. The van der Waals surface area contributed by atoms with Crippen LogP contribution in [0.15, 0.2) is 46.1 Å². The van der Waals surface area contributed by atoms with E-state index in [-0.39, 0.29) is 11.5 Å². The molecule has 0 bridgehead atoms. The largest absolute Gasteiger partial charge is 0.389 e. The molecule has 1 heterocycles. The summed E-state index contributed by atoms with van der Waals surface area (Å²) in [7, 11) is 0. The van der Waals surface area contributed by atoms with Gasteiger partial charge in [-0.3, -0.25) is 19.1 Å². The Kier molecular flexibility index (Phi) is 4.29. The number of rotatable bonds is 4. The number of nitrogens with zero attached hydrogens (tertiary/aromatic N) is 1. The van der Waals surface area contributed by atoms with Gasteiger partial charge in [0.15, 0.2) is 0 Å². The van der Waals surface area contributed by atoms with Gasteiger partial charge >= 0.3 is 5.69 Å². The van der Waals surface area contributed by atoms with Gasteiger partial charge in [-0.1, -0.05) is 24.4 Å². The van der Waals surface area contributed by atoms with Crippen molar-refractivity contribution in [3.05, 3.63) is 62.9 Å². The Morgan fingerprint density at radius 3 is 2.76 bits per heavy atom. The number of benzene rings is 1. The quantitative estimate of drug-likeness (QED) is 0.678. The third kappa shape index (κ3) is 3.86. The lowest BCUT2D eigenvalue weighted by atomic mass is 10.2. The van der Waals surface area contributed by atoms with Gasteiger partial charge in [0.1, 0.15) is 11.5 Å². The summed E-state index contributed by atoms with van der Waals surface area (Å²) in [5.74, 6) is -0.413. The molecule has 1 aromatic carbocycles. The number of amides is 1. The number of anilines is 1. The fourth-order valence-electron chi connectivity index (χ4n) is 1.67. The number of nitrogens with one attached hydrogen (secondary N) is 2. The van der Waals surface area contributed by atoms with Crippen molar-refractivity contribution in [2.24, 2.45) is 5.73 Å². The lowest BCUT2D eigenvalue weighted by molar-refractivity contribution is -0.116. The molecule has 21 heavy (non-hydrogen) atoms. The third-order valence-corrected chi connectivity index (χ3v) is 2.88. The average molecular weight is 304 g/mol. The predicted molar refractivity (Wildman–Crippen MR) is 82.3 cm³/mol. The summed E-state index contributed by atoms with van der Waals surface area (Å²) < 4.78 is 1.09. The van der Waals surface area contributed by atoms with Crippen LogP contribution < -0.4 is 22.3 Å². The average Bonchev–Trinajstić information content (AvgIpc) is 2.42. The molecule has 2 aromatic rings. The van der Waals surface area contributed by atoms with Gasteiger partial charge in [-0.05, 0) is 12.1 Å². The normalized spacial score (nSPS) is 10.1. The van der Waals surface area contributed by atoms with Crippen molar-refractivity contribution >= 4 is 28.8 Å². The number of aromatic nitrogens is 2. The number of aromatic amines is 1. The van der Waals surface area contributed by atoms with Crippen molar-refractivity contribution in [2.75, 3.05) is 5.32 Å². The number of thiocarbonyl (C=S) groups is 1. The van der Waals surface area contributed by atoms with Gasteiger partial charge < -0.3 is 11.1 Å². The maximum absolute atomic E-state index is 11.9. The van der Waals surface area contributed by atoms with E-state index in [1.165, 1.54) is 12.3 Å². The highest BCUT2D eigenvalue weighted by atomic mass is 32.1. The van der Waals surface area contributed by atoms with Crippen molar-refractivity contribution < 1.29 is 4.79 Å². The molecule has 1 amide bonds. The van der Waals surface area contributed by atoms with Crippen LogP contribution in [0, 0.1) is 0 Å². The molecule has 0 radical (unpaired) electrons. The Labute approximate surface area is 124 Å². The van der Waals surface area contributed by atoms with Gasteiger partial charge in [0.2, 0.25) is 5.91 Å². The number of carbonyl (C=O) groups is 1. The molecule has 8 heteroatoms. The minimum Gasteiger partial charge on any atom is -0.389 e. The zero-order valence-electron chi connectivity index (χ0n) is 10.8. The van der Waals surface area contributed by atoms with Crippen LogP contribution in [-0.2, 0) is 11.3 Å². The summed E-state index contributed by atoms with van der Waals surface area (Å²) in [5.41, 5.74) is 5.50. The van der Waals surface area contributed by atoms with E-state index in [2.05, 4.69) is 10.3 Å². The van der Waals surface area contributed by atoms with Crippen molar-refractivity contribution in [1.29, 1.82) is 0 Å². The number of carbonyl (C=O) groups excluding carboxylic acids is 1. The molecule has 2 rings (SSSR count). The Bertz CT molecular complexity index is 809. The van der Waals surface area contributed by atoms with Crippen LogP contribution in [0.3, 0.4) is 0 Å². The number of H-pyrrole nitrogens is 1. The molecule has 4 N–H and O–H groups in total. The van der Waals surface area contributed by atoms with E-state index in [1.54, 1.807) is 24.3 Å². The highest BCUT2D eigenvalue weighted by Crippen LogP contribution is 2.10. The molecule has 108 valence electrons. The molecular weight excluding hydrogens is 292 g/mol. The molecule has 0 aliphatic rings. The summed E-state index contributed by atoms with van der Waals surface area (Å²) in [5, 5.41) is 2.62. The third-order valence-electron chi connectivity index (χ3n) is 2.64. The SMILES string of the molecule is NC(=S)c1cccc(NC(=O)Cn2ccc(=O)[nH]c2=O)c1. The van der Waals surface area contributed by atoms with Gasteiger partial charge in [0.05, 0.1) is 0 Å². The molecule has 7 nitrogen and oxygen atoms in total. The highest BCUT2D eigenvalue weighted by Gasteiger charge is 2.06. The molecular formula is C13H12N4O3S. The van der Waals surface area contributed by atoms with Crippen LogP contribution in [-0.4, -0.2) is 20.4 Å². The van der Waals surface area contributed by atoms with Gasteiger partial charge in [0.25, 0.3) is 5.56 Å². The van der Waals surface area contributed by atoms with Crippen molar-refractivity contribution in [1.82, 2.24) is 9.55 Å². The van der Waals surface area contributed by atoms with E-state index < -0.39 is 17.2 Å². The second-order valence-electron chi connectivity index (χ2n) is 4.23. The zero-order chi connectivity index (χ0) is 15.4. The zero-order valence-corrected chi connectivity index (χ0v) is 11.6. The number of nitrogens with two attached hydrogens (primary N) is 1. The Morgan fingerprint density at radius 1 is 1.33 bits per heavy atom. The molecule has 0 aliphatic heterocycles. The van der Waals surface area contributed by atoms with Gasteiger partial charge in [-0.2, -0.15) is 0 Å². The van der Waals surface area contributed by atoms with E-state index in [4.69, 9.17) is 18.0 Å². The second kappa shape index (κ2) is 6.14. The van der Waals surface area contributed by atoms with Crippen LogP contribution in [0.5, 0.6) is 0 Å². The second-order valence-corrected chi connectivity index (χ2v) is 4.67. The van der Waals surface area contributed by atoms with Crippen molar-refractivity contribution in [3.63, 3.8) is 0 Å². The van der Waals surface area contributed by atoms with Gasteiger partial charge in [0, 0.05) is 23.5 Å². The summed E-state index contributed by atoms with van der Waals surface area (Å²) in [6, 6.07) is 7.91. The monoisotopic (exact) mass is 304 g/mol. The Balaban J connectivity index is 2.11. The standard InChI is InChI=1S/C13H12N4O3S/c14-12(21)8-2-1-3-9(6-8)15-11(19)7-17-5-4-10(18)16-13(17)20/h1-6H,7H2,(H2,14,21)(H,15,19)(H,16,18,20). The Hall–Kier alpha value is -2.74. The van der Waals surface area contributed by atoms with E-state index in [0.29, 0.717) is 11.3 Å². The fraction of sp³-hybridized carbons (Fsp3) is 0.0769. The summed E-state index contributed by atoms with van der Waals surface area (Å²) in [6.45, 7) is -0.215. The lowest BCUT2D eigenvalue weighted by Gasteiger charge is -2.08. The van der Waals surface area contributed by atoms with Crippen LogP contribution in [0.2, 0.25) is 0 Å². The van der Waals surface area contributed by atoms with Crippen LogP contribution in [0.4, 0.5) is 5.69 Å². The summed E-state index contributed by atoms with van der Waals surface area (Å²) >= 11 is 4.86. The van der Waals surface area contributed by atoms with E-state index in [1.807, 2.05) is 0 Å². The van der Waals surface area contributed by atoms with Crippen molar-refractivity contribution in [2.45, 2.75) is 6.54 Å². The minimum atomic E-state index is -0.644. The smallest absolute Gasteiger partial charge is 0.328 e. The molecule has 0 saturated heterocycles. The first-order valence-corrected chi connectivity index (χ1v) is 6.36. The molecule has 0 saturated carbocycles. The maximum atomic E-state index is 11.9. The maximum Gasteiger partial charge on any atom is 0.328 e. The molecule has 0 spiro atoms. The topological polar surface area (TPSA) is 110 Å². The number of hydrogen-bond donors (Lipinski definition) is 3. The van der Waals surface area contributed by atoms with Crippen LogP contribution in [0.1, 0.15) is 5.56 Å². The molecule has 0 atom stereocenters. The number of hydrogen-bond acceptors (Lipinski definition) is 4. The molecule has 0 fully saturated rings. The molecule has 0 aliphatic carbocycles. The van der Waals surface area contributed by atoms with Gasteiger partial charge in [-0.25, -0.2) is 4.79 Å². The fourth-order valence-corrected chi connectivity index (χ4v) is 1.80.